The highest BCUT2D eigenvalue weighted by atomic mass is 79.9. The summed E-state index contributed by atoms with van der Waals surface area (Å²) < 4.78 is 17.3. The summed E-state index contributed by atoms with van der Waals surface area (Å²) in [5.74, 6) is 1.24. The Morgan fingerprint density at radius 2 is 1.92 bits per heavy atom. The highest BCUT2D eigenvalue weighted by Crippen LogP contribution is 2.35. The lowest BCUT2D eigenvalue weighted by Gasteiger charge is -2.10. The molecule has 26 heavy (non-hydrogen) atoms. The van der Waals surface area contributed by atoms with Crippen LogP contribution in [0.4, 0.5) is 0 Å². The Labute approximate surface area is 172 Å². The fraction of sp³-hybridized carbons (Fsp3) is 0.176. The van der Waals surface area contributed by atoms with Crippen LogP contribution in [0.3, 0.4) is 0 Å². The molecule has 0 heterocycles. The summed E-state index contributed by atoms with van der Waals surface area (Å²) in [7, 11) is 3.09. The van der Waals surface area contributed by atoms with Crippen molar-refractivity contribution in [2.45, 2.75) is 0 Å². The quantitative estimate of drug-likeness (QED) is 0.446. The molecule has 0 spiro atoms. The third kappa shape index (κ3) is 5.62. The second kappa shape index (κ2) is 9.80. The highest BCUT2D eigenvalue weighted by molar-refractivity contribution is 9.10. The fourth-order valence-corrected chi connectivity index (χ4v) is 3.38. The predicted octanol–water partition coefficient (Wildman–Crippen LogP) is 4.41. The van der Waals surface area contributed by atoms with Gasteiger partial charge in [-0.3, -0.25) is 4.79 Å². The molecule has 138 valence electrons. The Hall–Kier alpha value is -1.77. The third-order valence-electron chi connectivity index (χ3n) is 3.11. The number of carbonyl (C=O) groups is 1. The second-order valence-corrected chi connectivity index (χ2v) is 7.04. The lowest BCUT2D eigenvalue weighted by molar-refractivity contribution is -0.123. The molecule has 0 saturated carbocycles. The van der Waals surface area contributed by atoms with E-state index in [0.29, 0.717) is 31.2 Å². The molecule has 0 atom stereocenters. The van der Waals surface area contributed by atoms with Crippen molar-refractivity contribution in [1.82, 2.24) is 5.43 Å². The lowest BCUT2D eigenvalue weighted by atomic mass is 10.2. The third-order valence-corrected chi connectivity index (χ3v) is 4.56. The van der Waals surface area contributed by atoms with Gasteiger partial charge in [0.15, 0.2) is 18.1 Å². The standard InChI is InChI=1S/C17H15Br2ClN2O4/c1-24-15-6-10(5-13(19)17(15)25-2)8-21-22-16(23)9-26-14-4-3-11(20)7-12(14)18/h3-8H,9H2,1-2H3,(H,22,23)/b21-8+. The number of hydrogen-bond acceptors (Lipinski definition) is 5. The minimum Gasteiger partial charge on any atom is -0.493 e. The molecule has 1 N–H and O–H groups in total. The Kier molecular flexibility index (Phi) is 7.74. The van der Waals surface area contributed by atoms with Crippen LogP contribution < -0.4 is 19.6 Å². The van der Waals surface area contributed by atoms with Crippen LogP contribution in [0.1, 0.15) is 5.56 Å². The van der Waals surface area contributed by atoms with E-state index in [0.717, 1.165) is 5.56 Å². The maximum absolute atomic E-state index is 11.8. The van der Waals surface area contributed by atoms with E-state index in [1.54, 1.807) is 44.6 Å². The molecule has 6 nitrogen and oxygen atoms in total. The molecule has 2 aromatic rings. The molecule has 0 aliphatic heterocycles. The van der Waals surface area contributed by atoms with Crippen LogP contribution >= 0.6 is 43.5 Å². The normalized spacial score (nSPS) is 10.7. The molecule has 0 aromatic heterocycles. The first kappa shape index (κ1) is 20.5. The van der Waals surface area contributed by atoms with Crippen LogP contribution in [-0.4, -0.2) is 32.9 Å². The van der Waals surface area contributed by atoms with Gasteiger partial charge in [-0.25, -0.2) is 5.43 Å². The van der Waals surface area contributed by atoms with Crippen molar-refractivity contribution in [2.75, 3.05) is 20.8 Å². The highest BCUT2D eigenvalue weighted by Gasteiger charge is 2.10. The summed E-state index contributed by atoms with van der Waals surface area (Å²) in [6, 6.07) is 8.55. The van der Waals surface area contributed by atoms with Gasteiger partial charge in [0.05, 0.1) is 29.4 Å². The Balaban J connectivity index is 1.93. The summed E-state index contributed by atoms with van der Waals surface area (Å²) in [5, 5.41) is 4.48. The molecule has 0 aliphatic rings. The molecule has 2 aromatic carbocycles. The van der Waals surface area contributed by atoms with Crippen molar-refractivity contribution < 1.29 is 19.0 Å². The number of hydrazone groups is 1. The van der Waals surface area contributed by atoms with E-state index in [-0.39, 0.29) is 6.61 Å². The largest absolute Gasteiger partial charge is 0.493 e. The molecule has 0 unspecified atom stereocenters. The van der Waals surface area contributed by atoms with Crippen LogP contribution in [-0.2, 0) is 4.79 Å². The number of methoxy groups -OCH3 is 2. The Bertz CT molecular complexity index is 831. The van der Waals surface area contributed by atoms with Gasteiger partial charge in [0, 0.05) is 5.02 Å². The van der Waals surface area contributed by atoms with Gasteiger partial charge >= 0.3 is 0 Å². The summed E-state index contributed by atoms with van der Waals surface area (Å²) in [6.45, 7) is -0.187. The molecule has 0 radical (unpaired) electrons. The molecular weight excluding hydrogens is 491 g/mol. The smallest absolute Gasteiger partial charge is 0.277 e. The zero-order chi connectivity index (χ0) is 19.1. The zero-order valence-electron chi connectivity index (χ0n) is 13.9. The van der Waals surface area contributed by atoms with Crippen molar-refractivity contribution in [2.24, 2.45) is 5.10 Å². The van der Waals surface area contributed by atoms with E-state index >= 15 is 0 Å². The number of nitrogens with one attached hydrogen (secondary N) is 1. The molecular formula is C17H15Br2ClN2O4. The molecule has 1 amide bonds. The molecule has 9 heteroatoms. The second-order valence-electron chi connectivity index (χ2n) is 4.89. The van der Waals surface area contributed by atoms with E-state index in [4.69, 9.17) is 25.8 Å². The minimum absolute atomic E-state index is 0.187. The van der Waals surface area contributed by atoms with Gasteiger partial charge in [0.25, 0.3) is 5.91 Å². The van der Waals surface area contributed by atoms with E-state index in [1.807, 2.05) is 0 Å². The van der Waals surface area contributed by atoms with E-state index in [1.165, 1.54) is 6.21 Å². The first-order valence-electron chi connectivity index (χ1n) is 7.26. The molecule has 2 rings (SSSR count). The van der Waals surface area contributed by atoms with Crippen LogP contribution in [0.15, 0.2) is 44.4 Å². The number of halogens is 3. The van der Waals surface area contributed by atoms with Crippen LogP contribution in [0, 0.1) is 0 Å². The molecule has 0 saturated heterocycles. The van der Waals surface area contributed by atoms with Gasteiger partial charge < -0.3 is 14.2 Å². The first-order valence-corrected chi connectivity index (χ1v) is 9.22. The Morgan fingerprint density at radius 3 is 2.58 bits per heavy atom. The van der Waals surface area contributed by atoms with Crippen molar-refractivity contribution in [3.05, 3.63) is 49.9 Å². The number of amides is 1. The first-order chi connectivity index (χ1) is 12.4. The number of ether oxygens (including phenoxy) is 3. The minimum atomic E-state index is -0.400. The molecule has 0 bridgehead atoms. The van der Waals surface area contributed by atoms with E-state index in [9.17, 15) is 4.79 Å². The van der Waals surface area contributed by atoms with Gasteiger partial charge in [-0.2, -0.15) is 5.10 Å². The van der Waals surface area contributed by atoms with Gasteiger partial charge in [0.2, 0.25) is 0 Å². The topological polar surface area (TPSA) is 69.2 Å². The Morgan fingerprint density at radius 1 is 1.15 bits per heavy atom. The number of rotatable bonds is 7. The summed E-state index contributed by atoms with van der Waals surface area (Å²) in [4.78, 5) is 11.8. The van der Waals surface area contributed by atoms with Gasteiger partial charge in [0.1, 0.15) is 5.75 Å². The van der Waals surface area contributed by atoms with Crippen LogP contribution in [0.2, 0.25) is 5.02 Å². The number of nitrogens with zero attached hydrogens (tertiary/aromatic N) is 1. The van der Waals surface area contributed by atoms with Crippen molar-refractivity contribution >= 4 is 55.6 Å². The number of carbonyl (C=O) groups excluding carboxylic acids is 1. The maximum atomic E-state index is 11.8. The SMILES string of the molecule is COc1cc(/C=N/NC(=O)COc2ccc(Cl)cc2Br)cc(Br)c1OC. The fourth-order valence-electron chi connectivity index (χ4n) is 1.96. The average molecular weight is 507 g/mol. The molecule has 0 aliphatic carbocycles. The van der Waals surface area contributed by atoms with Crippen LogP contribution in [0.25, 0.3) is 0 Å². The number of benzene rings is 2. The van der Waals surface area contributed by atoms with Crippen LogP contribution in [0.5, 0.6) is 17.2 Å². The van der Waals surface area contributed by atoms with E-state index < -0.39 is 5.91 Å². The predicted molar refractivity (Wildman–Crippen MR) is 108 cm³/mol. The zero-order valence-corrected chi connectivity index (χ0v) is 17.8. The lowest BCUT2D eigenvalue weighted by Crippen LogP contribution is -2.24. The molecule has 0 fully saturated rings. The summed E-state index contributed by atoms with van der Waals surface area (Å²) in [5.41, 5.74) is 3.11. The van der Waals surface area contributed by atoms with Crippen molar-refractivity contribution in [3.8, 4) is 17.2 Å². The maximum Gasteiger partial charge on any atom is 0.277 e. The monoisotopic (exact) mass is 504 g/mol. The van der Waals surface area contributed by atoms with Gasteiger partial charge in [-0.15, -0.1) is 0 Å². The average Bonchev–Trinajstić information content (AvgIpc) is 2.60. The van der Waals surface area contributed by atoms with Gasteiger partial charge in [-0.1, -0.05) is 11.6 Å². The summed E-state index contributed by atoms with van der Waals surface area (Å²) >= 11 is 12.6. The van der Waals surface area contributed by atoms with Gasteiger partial charge in [-0.05, 0) is 67.8 Å². The van der Waals surface area contributed by atoms with Crippen molar-refractivity contribution in [1.29, 1.82) is 0 Å². The van der Waals surface area contributed by atoms with Crippen molar-refractivity contribution in [3.63, 3.8) is 0 Å². The summed E-state index contributed by atoms with van der Waals surface area (Å²) in [6.07, 6.45) is 1.49. The van der Waals surface area contributed by atoms with E-state index in [2.05, 4.69) is 42.4 Å². The number of hydrogen-bond donors (Lipinski definition) is 1.